The van der Waals surface area contributed by atoms with Gasteiger partial charge in [0.15, 0.2) is 0 Å². The fourth-order valence-electron chi connectivity index (χ4n) is 1.52. The van der Waals surface area contributed by atoms with E-state index in [1.807, 2.05) is 36.4 Å². The first-order valence-electron chi connectivity index (χ1n) is 5.09. The summed E-state index contributed by atoms with van der Waals surface area (Å²) in [5.41, 5.74) is 1.00. The summed E-state index contributed by atoms with van der Waals surface area (Å²) in [6, 6.07) is 9.81. The number of benzene rings is 1. The second-order valence-corrected chi connectivity index (χ2v) is 3.70. The monoisotopic (exact) mass is 190 g/mol. The van der Waals surface area contributed by atoms with E-state index >= 15 is 0 Å². The highest BCUT2D eigenvalue weighted by Crippen LogP contribution is 2.24. The van der Waals surface area contributed by atoms with E-state index in [0.717, 1.165) is 18.4 Å². The van der Waals surface area contributed by atoms with Gasteiger partial charge in [0.25, 0.3) is 0 Å². The first kappa shape index (κ1) is 11.0. The van der Waals surface area contributed by atoms with Crippen molar-refractivity contribution in [1.82, 2.24) is 0 Å². The molecule has 76 valence electrons. The minimum atomic E-state index is -0.351. The largest absolute Gasteiger partial charge is 0.388 e. The normalized spacial score (nSPS) is 14.7. The highest BCUT2D eigenvalue weighted by Gasteiger charge is 2.14. The Labute approximate surface area is 86.1 Å². The molecule has 1 heteroatoms. The van der Waals surface area contributed by atoms with Crippen LogP contribution in [0.4, 0.5) is 0 Å². The van der Waals surface area contributed by atoms with Crippen molar-refractivity contribution < 1.29 is 5.11 Å². The van der Waals surface area contributed by atoms with Crippen molar-refractivity contribution in [1.29, 1.82) is 0 Å². The summed E-state index contributed by atoms with van der Waals surface area (Å²) < 4.78 is 0. The van der Waals surface area contributed by atoms with E-state index in [1.54, 1.807) is 0 Å². The quantitative estimate of drug-likeness (QED) is 0.706. The van der Waals surface area contributed by atoms with Gasteiger partial charge >= 0.3 is 0 Å². The minimum Gasteiger partial charge on any atom is -0.388 e. The minimum absolute atomic E-state index is 0.287. The van der Waals surface area contributed by atoms with Gasteiger partial charge in [-0.05, 0) is 24.3 Å². The van der Waals surface area contributed by atoms with Gasteiger partial charge in [-0.25, -0.2) is 0 Å². The Morgan fingerprint density at radius 2 is 2.00 bits per heavy atom. The third kappa shape index (κ3) is 3.00. The van der Waals surface area contributed by atoms with Crippen LogP contribution in [0.1, 0.15) is 31.4 Å². The van der Waals surface area contributed by atoms with Crippen LogP contribution in [-0.2, 0) is 0 Å². The van der Waals surface area contributed by atoms with Crippen LogP contribution < -0.4 is 0 Å². The van der Waals surface area contributed by atoms with Gasteiger partial charge in [0.2, 0.25) is 0 Å². The second kappa shape index (κ2) is 5.61. The zero-order chi connectivity index (χ0) is 10.4. The average molecular weight is 190 g/mol. The molecule has 0 saturated heterocycles. The lowest BCUT2D eigenvalue weighted by Gasteiger charge is -2.18. The molecule has 1 aromatic carbocycles. The maximum absolute atomic E-state index is 9.98. The van der Waals surface area contributed by atoms with Gasteiger partial charge in [-0.15, -0.1) is 6.58 Å². The molecule has 0 bridgehead atoms. The smallest absolute Gasteiger partial charge is 0.0815 e. The third-order valence-electron chi connectivity index (χ3n) is 2.51. The number of hydrogen-bond donors (Lipinski definition) is 1. The van der Waals surface area contributed by atoms with E-state index in [4.69, 9.17) is 0 Å². The number of aliphatic hydroxyl groups is 1. The molecule has 2 unspecified atom stereocenters. The van der Waals surface area contributed by atoms with Gasteiger partial charge in [-0.1, -0.05) is 43.3 Å². The Kier molecular flexibility index (Phi) is 4.41. The fraction of sp³-hybridized carbons (Fsp3) is 0.385. The van der Waals surface area contributed by atoms with E-state index in [0.29, 0.717) is 0 Å². The van der Waals surface area contributed by atoms with E-state index in [2.05, 4.69) is 13.5 Å². The van der Waals surface area contributed by atoms with Gasteiger partial charge in [-0.2, -0.15) is 0 Å². The van der Waals surface area contributed by atoms with Crippen molar-refractivity contribution in [3.8, 4) is 0 Å². The molecule has 0 aliphatic rings. The van der Waals surface area contributed by atoms with E-state index in [9.17, 15) is 5.11 Å². The fourth-order valence-corrected chi connectivity index (χ4v) is 1.52. The zero-order valence-electron chi connectivity index (χ0n) is 8.69. The molecular formula is C13H18O. The maximum atomic E-state index is 9.98. The van der Waals surface area contributed by atoms with Crippen molar-refractivity contribution in [2.45, 2.75) is 25.9 Å². The summed E-state index contributed by atoms with van der Waals surface area (Å²) in [6.45, 7) is 5.75. The zero-order valence-corrected chi connectivity index (χ0v) is 8.69. The van der Waals surface area contributed by atoms with Crippen molar-refractivity contribution in [2.75, 3.05) is 0 Å². The molecular weight excluding hydrogens is 172 g/mol. The first-order valence-corrected chi connectivity index (χ1v) is 5.09. The Balaban J connectivity index is 2.56. The number of hydrogen-bond acceptors (Lipinski definition) is 1. The van der Waals surface area contributed by atoms with E-state index in [-0.39, 0.29) is 12.0 Å². The Morgan fingerprint density at radius 3 is 2.57 bits per heavy atom. The summed E-state index contributed by atoms with van der Waals surface area (Å²) in [7, 11) is 0. The molecule has 14 heavy (non-hydrogen) atoms. The molecule has 0 aliphatic carbocycles. The SMILES string of the molecule is C=CCCC(C)C(O)c1ccccc1. The van der Waals surface area contributed by atoms with Crippen LogP contribution in [0.5, 0.6) is 0 Å². The topological polar surface area (TPSA) is 20.2 Å². The molecule has 0 spiro atoms. The van der Waals surface area contributed by atoms with Gasteiger partial charge in [0.05, 0.1) is 6.10 Å². The molecule has 1 rings (SSSR count). The summed E-state index contributed by atoms with van der Waals surface area (Å²) in [6.07, 6.45) is 3.50. The predicted molar refractivity (Wildman–Crippen MR) is 60.0 cm³/mol. The Bertz CT molecular complexity index is 266. The number of rotatable bonds is 5. The standard InChI is InChI=1S/C13H18O/c1-3-4-8-11(2)13(14)12-9-6-5-7-10-12/h3,5-7,9-11,13-14H,1,4,8H2,2H3. The van der Waals surface area contributed by atoms with Crippen LogP contribution in [0.15, 0.2) is 43.0 Å². The van der Waals surface area contributed by atoms with Gasteiger partial charge < -0.3 is 5.11 Å². The summed E-state index contributed by atoms with van der Waals surface area (Å²) in [4.78, 5) is 0. The molecule has 0 heterocycles. The summed E-state index contributed by atoms with van der Waals surface area (Å²) in [5.74, 6) is 0.287. The van der Waals surface area contributed by atoms with E-state index in [1.165, 1.54) is 0 Å². The molecule has 1 aromatic rings. The maximum Gasteiger partial charge on any atom is 0.0815 e. The molecule has 1 nitrogen and oxygen atoms in total. The summed E-state index contributed by atoms with van der Waals surface area (Å²) >= 11 is 0. The van der Waals surface area contributed by atoms with Crippen molar-refractivity contribution in [3.05, 3.63) is 48.6 Å². The van der Waals surface area contributed by atoms with Crippen LogP contribution in [0.3, 0.4) is 0 Å². The van der Waals surface area contributed by atoms with Gasteiger partial charge in [-0.3, -0.25) is 0 Å². The van der Waals surface area contributed by atoms with Gasteiger partial charge in [0, 0.05) is 0 Å². The molecule has 0 radical (unpaired) electrons. The molecule has 0 fully saturated rings. The lowest BCUT2D eigenvalue weighted by molar-refractivity contribution is 0.113. The molecule has 0 amide bonds. The molecule has 1 N–H and O–H groups in total. The number of aliphatic hydroxyl groups excluding tert-OH is 1. The van der Waals surface area contributed by atoms with Gasteiger partial charge in [0.1, 0.15) is 0 Å². The Hall–Kier alpha value is -1.08. The van der Waals surface area contributed by atoms with Crippen LogP contribution in [0.25, 0.3) is 0 Å². The highest BCUT2D eigenvalue weighted by molar-refractivity contribution is 5.17. The van der Waals surface area contributed by atoms with Crippen LogP contribution in [0.2, 0.25) is 0 Å². The summed E-state index contributed by atoms with van der Waals surface area (Å²) in [5, 5.41) is 9.98. The third-order valence-corrected chi connectivity index (χ3v) is 2.51. The molecule has 0 aromatic heterocycles. The molecule has 0 aliphatic heterocycles. The predicted octanol–water partition coefficient (Wildman–Crippen LogP) is 3.32. The highest BCUT2D eigenvalue weighted by atomic mass is 16.3. The van der Waals surface area contributed by atoms with Crippen LogP contribution in [0, 0.1) is 5.92 Å². The lowest BCUT2D eigenvalue weighted by atomic mass is 9.93. The average Bonchev–Trinajstić information content (AvgIpc) is 2.26. The van der Waals surface area contributed by atoms with E-state index < -0.39 is 0 Å². The first-order chi connectivity index (χ1) is 6.75. The van der Waals surface area contributed by atoms with Crippen LogP contribution in [-0.4, -0.2) is 5.11 Å². The van der Waals surface area contributed by atoms with Crippen molar-refractivity contribution in [2.24, 2.45) is 5.92 Å². The Morgan fingerprint density at radius 1 is 1.36 bits per heavy atom. The van der Waals surface area contributed by atoms with Crippen LogP contribution >= 0.6 is 0 Å². The second-order valence-electron chi connectivity index (χ2n) is 3.70. The van der Waals surface area contributed by atoms with Crippen molar-refractivity contribution >= 4 is 0 Å². The van der Waals surface area contributed by atoms with Crippen molar-refractivity contribution in [3.63, 3.8) is 0 Å². The molecule has 2 atom stereocenters. The molecule has 0 saturated carbocycles. The lowest BCUT2D eigenvalue weighted by Crippen LogP contribution is -2.08. The number of allylic oxidation sites excluding steroid dienone is 1.